The Kier molecular flexibility index (Phi) is 3.80. The summed E-state index contributed by atoms with van der Waals surface area (Å²) >= 11 is 0. The standard InChI is InChI=1S/C15H21N3O3/c1-3-10-4-5-13(21-10)15(20)18-7-6-11-12(8-18)16-9-17(2)14(11)19/h9-10,13H,3-8H2,1-2H3/t10-,13+/m0/s1. The van der Waals surface area contributed by atoms with Gasteiger partial charge < -0.3 is 14.2 Å². The number of fused-ring (bicyclic) bond motifs is 1. The van der Waals surface area contributed by atoms with Gasteiger partial charge in [-0.3, -0.25) is 9.59 Å². The van der Waals surface area contributed by atoms with Crippen molar-refractivity contribution in [2.75, 3.05) is 6.54 Å². The lowest BCUT2D eigenvalue weighted by atomic mass is 10.1. The van der Waals surface area contributed by atoms with Crippen LogP contribution in [0.15, 0.2) is 11.1 Å². The van der Waals surface area contributed by atoms with E-state index in [1.54, 1.807) is 11.9 Å². The average Bonchev–Trinajstić information content (AvgIpc) is 2.99. The van der Waals surface area contributed by atoms with E-state index in [1.165, 1.54) is 10.9 Å². The van der Waals surface area contributed by atoms with Crippen LogP contribution in [0, 0.1) is 0 Å². The van der Waals surface area contributed by atoms with E-state index in [0.29, 0.717) is 19.5 Å². The normalized spacial score (nSPS) is 25.0. The van der Waals surface area contributed by atoms with E-state index in [4.69, 9.17) is 4.74 Å². The number of carbonyl (C=O) groups is 1. The Morgan fingerprint density at radius 3 is 3.00 bits per heavy atom. The lowest BCUT2D eigenvalue weighted by molar-refractivity contribution is -0.144. The first kappa shape index (κ1) is 14.3. The van der Waals surface area contributed by atoms with E-state index in [9.17, 15) is 9.59 Å². The Labute approximate surface area is 123 Å². The van der Waals surface area contributed by atoms with Crippen LogP contribution in [0.5, 0.6) is 0 Å². The zero-order valence-corrected chi connectivity index (χ0v) is 12.5. The summed E-state index contributed by atoms with van der Waals surface area (Å²) in [7, 11) is 1.70. The first-order valence-corrected chi connectivity index (χ1v) is 7.57. The van der Waals surface area contributed by atoms with Gasteiger partial charge in [-0.25, -0.2) is 4.98 Å². The summed E-state index contributed by atoms with van der Waals surface area (Å²) in [5.74, 6) is 0.0408. The lowest BCUT2D eigenvalue weighted by Gasteiger charge is -2.29. The van der Waals surface area contributed by atoms with Gasteiger partial charge in [-0.2, -0.15) is 0 Å². The van der Waals surface area contributed by atoms with Crippen molar-refractivity contribution in [1.29, 1.82) is 0 Å². The van der Waals surface area contributed by atoms with Gasteiger partial charge in [-0.05, 0) is 25.7 Å². The molecule has 114 valence electrons. The number of nitrogens with zero attached hydrogens (tertiary/aromatic N) is 3. The zero-order valence-electron chi connectivity index (χ0n) is 12.5. The highest BCUT2D eigenvalue weighted by Crippen LogP contribution is 2.25. The highest BCUT2D eigenvalue weighted by atomic mass is 16.5. The van der Waals surface area contributed by atoms with Crippen LogP contribution in [-0.4, -0.2) is 39.1 Å². The Hall–Kier alpha value is -1.69. The molecular weight excluding hydrogens is 270 g/mol. The SMILES string of the molecule is CC[C@H]1CC[C@H](C(=O)N2CCc3c(ncn(C)c3=O)C2)O1. The van der Waals surface area contributed by atoms with E-state index < -0.39 is 0 Å². The predicted octanol–water partition coefficient (Wildman–Crippen LogP) is 0.623. The molecule has 1 amide bonds. The molecule has 2 aliphatic heterocycles. The smallest absolute Gasteiger partial charge is 0.256 e. The summed E-state index contributed by atoms with van der Waals surface area (Å²) in [6.45, 7) is 3.07. The second-order valence-electron chi connectivity index (χ2n) is 5.83. The van der Waals surface area contributed by atoms with Crippen LogP contribution in [0.1, 0.15) is 37.4 Å². The Morgan fingerprint density at radius 1 is 1.48 bits per heavy atom. The molecule has 1 aromatic heterocycles. The summed E-state index contributed by atoms with van der Waals surface area (Å²) in [4.78, 5) is 30.6. The van der Waals surface area contributed by atoms with Gasteiger partial charge in [0.1, 0.15) is 6.10 Å². The van der Waals surface area contributed by atoms with Crippen molar-refractivity contribution >= 4 is 5.91 Å². The van der Waals surface area contributed by atoms with Crippen LogP contribution in [0.25, 0.3) is 0 Å². The van der Waals surface area contributed by atoms with Gasteiger partial charge in [0.05, 0.1) is 24.7 Å². The van der Waals surface area contributed by atoms with Crippen molar-refractivity contribution in [3.63, 3.8) is 0 Å². The fraction of sp³-hybridized carbons (Fsp3) is 0.667. The van der Waals surface area contributed by atoms with E-state index >= 15 is 0 Å². The maximum absolute atomic E-state index is 12.5. The molecule has 6 heteroatoms. The van der Waals surface area contributed by atoms with Crippen molar-refractivity contribution in [2.24, 2.45) is 7.05 Å². The topological polar surface area (TPSA) is 64.4 Å². The minimum atomic E-state index is -0.317. The molecular formula is C15H21N3O3. The molecule has 2 atom stereocenters. The number of rotatable bonds is 2. The molecule has 0 aromatic carbocycles. The van der Waals surface area contributed by atoms with Gasteiger partial charge in [0.2, 0.25) is 0 Å². The van der Waals surface area contributed by atoms with Crippen molar-refractivity contribution in [3.05, 3.63) is 27.9 Å². The third-order valence-corrected chi connectivity index (χ3v) is 4.44. The molecule has 1 fully saturated rings. The van der Waals surface area contributed by atoms with Crippen molar-refractivity contribution < 1.29 is 9.53 Å². The van der Waals surface area contributed by atoms with E-state index in [0.717, 1.165) is 30.5 Å². The van der Waals surface area contributed by atoms with Gasteiger partial charge in [-0.15, -0.1) is 0 Å². The van der Waals surface area contributed by atoms with Gasteiger partial charge >= 0.3 is 0 Å². The third kappa shape index (κ3) is 2.60. The quantitative estimate of drug-likeness (QED) is 0.801. The molecule has 1 saturated heterocycles. The molecule has 0 unspecified atom stereocenters. The van der Waals surface area contributed by atoms with E-state index in [1.807, 2.05) is 0 Å². The highest BCUT2D eigenvalue weighted by Gasteiger charge is 2.34. The number of ether oxygens (including phenoxy) is 1. The van der Waals surface area contributed by atoms with Gasteiger partial charge in [-0.1, -0.05) is 6.92 Å². The van der Waals surface area contributed by atoms with Gasteiger partial charge in [0.25, 0.3) is 11.5 Å². The second kappa shape index (κ2) is 5.60. The molecule has 0 spiro atoms. The first-order valence-electron chi connectivity index (χ1n) is 7.57. The second-order valence-corrected chi connectivity index (χ2v) is 5.83. The molecule has 3 heterocycles. The third-order valence-electron chi connectivity index (χ3n) is 4.44. The van der Waals surface area contributed by atoms with Crippen molar-refractivity contribution in [1.82, 2.24) is 14.5 Å². The Balaban J connectivity index is 1.73. The Bertz CT molecular complexity index is 611. The summed E-state index contributed by atoms with van der Waals surface area (Å²) in [5.41, 5.74) is 1.46. The maximum atomic E-state index is 12.5. The molecule has 0 bridgehead atoms. The van der Waals surface area contributed by atoms with Crippen molar-refractivity contribution in [2.45, 2.75) is 51.4 Å². The number of aromatic nitrogens is 2. The maximum Gasteiger partial charge on any atom is 0.256 e. The molecule has 0 radical (unpaired) electrons. The summed E-state index contributed by atoms with van der Waals surface area (Å²) in [5, 5.41) is 0. The summed E-state index contributed by atoms with van der Waals surface area (Å²) < 4.78 is 7.27. The molecule has 6 nitrogen and oxygen atoms in total. The average molecular weight is 291 g/mol. The zero-order chi connectivity index (χ0) is 15.0. The van der Waals surface area contributed by atoms with Crippen LogP contribution in [0.4, 0.5) is 0 Å². The molecule has 2 aliphatic rings. The monoisotopic (exact) mass is 291 g/mol. The molecule has 0 aliphatic carbocycles. The van der Waals surface area contributed by atoms with E-state index in [2.05, 4.69) is 11.9 Å². The lowest BCUT2D eigenvalue weighted by Crippen LogP contribution is -2.44. The molecule has 0 N–H and O–H groups in total. The molecule has 1 aromatic rings. The number of hydrogen-bond donors (Lipinski definition) is 0. The van der Waals surface area contributed by atoms with Crippen LogP contribution in [-0.2, 0) is 29.5 Å². The summed E-state index contributed by atoms with van der Waals surface area (Å²) in [6.07, 6.45) is 4.69. The summed E-state index contributed by atoms with van der Waals surface area (Å²) in [6, 6.07) is 0. The number of aryl methyl sites for hydroxylation is 1. The minimum absolute atomic E-state index is 0.00439. The number of amides is 1. The van der Waals surface area contributed by atoms with Crippen LogP contribution < -0.4 is 5.56 Å². The fourth-order valence-electron chi connectivity index (χ4n) is 3.10. The van der Waals surface area contributed by atoms with Gasteiger partial charge in [0, 0.05) is 19.2 Å². The predicted molar refractivity (Wildman–Crippen MR) is 76.8 cm³/mol. The number of carbonyl (C=O) groups excluding carboxylic acids is 1. The molecule has 3 rings (SSSR count). The highest BCUT2D eigenvalue weighted by molar-refractivity contribution is 5.81. The van der Waals surface area contributed by atoms with Crippen LogP contribution >= 0.6 is 0 Å². The first-order chi connectivity index (χ1) is 10.1. The van der Waals surface area contributed by atoms with Crippen LogP contribution in [0.2, 0.25) is 0 Å². The van der Waals surface area contributed by atoms with E-state index in [-0.39, 0.29) is 23.7 Å². The minimum Gasteiger partial charge on any atom is -0.365 e. The molecule has 0 saturated carbocycles. The van der Waals surface area contributed by atoms with Crippen molar-refractivity contribution in [3.8, 4) is 0 Å². The van der Waals surface area contributed by atoms with Gasteiger partial charge in [0.15, 0.2) is 0 Å². The largest absolute Gasteiger partial charge is 0.365 e. The van der Waals surface area contributed by atoms with Crippen LogP contribution in [0.3, 0.4) is 0 Å². The Morgan fingerprint density at radius 2 is 2.29 bits per heavy atom. The molecule has 21 heavy (non-hydrogen) atoms. The number of hydrogen-bond acceptors (Lipinski definition) is 4. The fourth-order valence-corrected chi connectivity index (χ4v) is 3.10.